The highest BCUT2D eigenvalue weighted by Gasteiger charge is 2.29. The first kappa shape index (κ1) is 16.6. The molecule has 1 unspecified atom stereocenters. The maximum atomic E-state index is 12.2. The molecule has 3 aromatic rings. The first-order valence-corrected chi connectivity index (χ1v) is 8.94. The molecule has 0 saturated heterocycles. The molecular weight excluding hydrogens is 330 g/mol. The van der Waals surface area contributed by atoms with Gasteiger partial charge in [0.05, 0.1) is 12.7 Å². The summed E-state index contributed by atoms with van der Waals surface area (Å²) in [5.41, 5.74) is 1.51. The number of carbonyl (C=O) groups is 2. The van der Waals surface area contributed by atoms with Gasteiger partial charge in [0, 0.05) is 17.0 Å². The molecule has 0 aliphatic heterocycles. The van der Waals surface area contributed by atoms with Gasteiger partial charge >= 0.3 is 5.97 Å². The number of carbonyl (C=O) groups excluding carboxylic acids is 2. The van der Waals surface area contributed by atoms with Crippen LogP contribution in [0.25, 0.3) is 21.7 Å². The predicted molar refractivity (Wildman–Crippen MR) is 98.7 cm³/mol. The van der Waals surface area contributed by atoms with Crippen LogP contribution in [-0.4, -0.2) is 24.5 Å². The first-order valence-electron chi connectivity index (χ1n) is 8.94. The molecule has 1 aliphatic carbocycles. The van der Waals surface area contributed by atoms with Gasteiger partial charge in [-0.25, -0.2) is 0 Å². The summed E-state index contributed by atoms with van der Waals surface area (Å²) in [6, 6.07) is 12.0. The topological polar surface area (TPSA) is 68.5 Å². The number of esters is 1. The Morgan fingerprint density at radius 1 is 1.23 bits per heavy atom. The van der Waals surface area contributed by atoms with Crippen molar-refractivity contribution in [3.8, 4) is 0 Å². The Labute approximate surface area is 151 Å². The monoisotopic (exact) mass is 351 g/mol. The van der Waals surface area contributed by atoms with Gasteiger partial charge in [-0.15, -0.1) is 0 Å². The summed E-state index contributed by atoms with van der Waals surface area (Å²) in [6.45, 7) is 1.74. The van der Waals surface area contributed by atoms with E-state index in [4.69, 9.17) is 9.15 Å². The molecule has 1 aliphatic rings. The maximum absolute atomic E-state index is 12.2. The molecule has 0 bridgehead atoms. The average Bonchev–Trinajstić information content (AvgIpc) is 3.42. The molecule has 5 heteroatoms. The predicted octanol–water partition coefficient (Wildman–Crippen LogP) is 3.59. The molecular formula is C21H21NO4. The number of amides is 1. The van der Waals surface area contributed by atoms with E-state index in [-0.39, 0.29) is 25.0 Å². The van der Waals surface area contributed by atoms with Gasteiger partial charge in [-0.3, -0.25) is 9.59 Å². The van der Waals surface area contributed by atoms with Gasteiger partial charge in [0.2, 0.25) is 0 Å². The summed E-state index contributed by atoms with van der Waals surface area (Å²) < 4.78 is 10.7. The van der Waals surface area contributed by atoms with Gasteiger partial charge < -0.3 is 14.5 Å². The molecule has 2 aromatic carbocycles. The molecule has 0 radical (unpaired) electrons. The molecule has 5 nitrogen and oxygen atoms in total. The zero-order valence-corrected chi connectivity index (χ0v) is 14.7. The lowest BCUT2D eigenvalue weighted by Crippen LogP contribution is -2.37. The highest BCUT2D eigenvalue weighted by atomic mass is 16.5. The third-order valence-corrected chi connectivity index (χ3v) is 4.96. The van der Waals surface area contributed by atoms with Gasteiger partial charge in [0.1, 0.15) is 5.58 Å². The van der Waals surface area contributed by atoms with E-state index in [0.717, 1.165) is 40.1 Å². The number of ether oxygens (including phenoxy) is 1. The van der Waals surface area contributed by atoms with Gasteiger partial charge in [-0.2, -0.15) is 0 Å². The SMILES string of the molecule is CC(NC(=O)COC(=O)Cc1coc2ccc3ccccc3c12)C1CC1. The molecule has 1 fully saturated rings. The van der Waals surface area contributed by atoms with Crippen LogP contribution in [-0.2, 0) is 20.7 Å². The van der Waals surface area contributed by atoms with Crippen LogP contribution in [0, 0.1) is 5.92 Å². The molecule has 1 heterocycles. The summed E-state index contributed by atoms with van der Waals surface area (Å²) in [6.07, 6.45) is 3.98. The van der Waals surface area contributed by atoms with Crippen molar-refractivity contribution in [3.63, 3.8) is 0 Å². The lowest BCUT2D eigenvalue weighted by Gasteiger charge is -2.12. The van der Waals surface area contributed by atoms with Crippen LogP contribution in [0.2, 0.25) is 0 Å². The highest BCUT2D eigenvalue weighted by molar-refractivity contribution is 6.08. The first-order chi connectivity index (χ1) is 12.6. The van der Waals surface area contributed by atoms with Crippen LogP contribution in [0.4, 0.5) is 0 Å². The van der Waals surface area contributed by atoms with E-state index in [0.29, 0.717) is 5.92 Å². The van der Waals surface area contributed by atoms with Crippen molar-refractivity contribution in [1.82, 2.24) is 5.32 Å². The maximum Gasteiger partial charge on any atom is 0.310 e. The van der Waals surface area contributed by atoms with Gasteiger partial charge in [0.15, 0.2) is 6.61 Å². The zero-order chi connectivity index (χ0) is 18.1. The van der Waals surface area contributed by atoms with Crippen molar-refractivity contribution in [2.75, 3.05) is 6.61 Å². The second-order valence-electron chi connectivity index (χ2n) is 6.95. The fourth-order valence-corrected chi connectivity index (χ4v) is 3.37. The standard InChI is InChI=1S/C21H21NO4/c1-13(14-6-7-14)22-19(23)12-26-20(24)10-16-11-25-18-9-8-15-4-2-3-5-17(15)21(16)18/h2-5,8-9,11,13-14H,6-7,10,12H2,1H3,(H,22,23). The minimum absolute atomic E-state index is 0.0759. The summed E-state index contributed by atoms with van der Waals surface area (Å²) in [5, 5.41) is 5.93. The summed E-state index contributed by atoms with van der Waals surface area (Å²) in [5.74, 6) is -0.115. The van der Waals surface area contributed by atoms with Crippen LogP contribution in [0.3, 0.4) is 0 Å². The van der Waals surface area contributed by atoms with Crippen LogP contribution in [0.5, 0.6) is 0 Å². The fraction of sp³-hybridized carbons (Fsp3) is 0.333. The third kappa shape index (κ3) is 3.43. The Balaban J connectivity index is 1.42. The van der Waals surface area contributed by atoms with Gasteiger partial charge in [-0.05, 0) is 42.5 Å². The van der Waals surface area contributed by atoms with E-state index in [1.807, 2.05) is 43.3 Å². The molecule has 26 heavy (non-hydrogen) atoms. The van der Waals surface area contributed by atoms with Crippen LogP contribution in [0.1, 0.15) is 25.3 Å². The Kier molecular flexibility index (Phi) is 4.37. The fourth-order valence-electron chi connectivity index (χ4n) is 3.37. The minimum Gasteiger partial charge on any atom is -0.464 e. The molecule has 0 spiro atoms. The average molecular weight is 351 g/mol. The van der Waals surface area contributed by atoms with Crippen molar-refractivity contribution < 1.29 is 18.7 Å². The second kappa shape index (κ2) is 6.83. The number of benzene rings is 2. The number of hydrogen-bond acceptors (Lipinski definition) is 4. The second-order valence-corrected chi connectivity index (χ2v) is 6.95. The molecule has 4 rings (SSSR count). The molecule has 1 aromatic heterocycles. The molecule has 1 N–H and O–H groups in total. The van der Waals surface area contributed by atoms with Crippen LogP contribution >= 0.6 is 0 Å². The molecule has 134 valence electrons. The number of hydrogen-bond donors (Lipinski definition) is 1. The zero-order valence-electron chi connectivity index (χ0n) is 14.7. The number of rotatable bonds is 6. The van der Waals surface area contributed by atoms with Crippen molar-refractivity contribution in [3.05, 3.63) is 48.2 Å². The van der Waals surface area contributed by atoms with E-state index in [2.05, 4.69) is 5.32 Å². The van der Waals surface area contributed by atoms with E-state index in [1.54, 1.807) is 6.26 Å². The van der Waals surface area contributed by atoms with Gasteiger partial charge in [-0.1, -0.05) is 30.3 Å². The third-order valence-electron chi connectivity index (χ3n) is 4.96. The Bertz CT molecular complexity index is 970. The van der Waals surface area contributed by atoms with Crippen LogP contribution < -0.4 is 5.32 Å². The van der Waals surface area contributed by atoms with E-state index >= 15 is 0 Å². The van der Waals surface area contributed by atoms with Crippen LogP contribution in [0.15, 0.2) is 47.1 Å². The Morgan fingerprint density at radius 2 is 2.04 bits per heavy atom. The Hall–Kier alpha value is -2.82. The molecule has 1 atom stereocenters. The number of furan rings is 1. The van der Waals surface area contributed by atoms with Crippen molar-refractivity contribution >= 4 is 33.6 Å². The highest BCUT2D eigenvalue weighted by Crippen LogP contribution is 2.32. The molecule has 1 amide bonds. The molecule has 1 saturated carbocycles. The largest absolute Gasteiger partial charge is 0.464 e. The van der Waals surface area contributed by atoms with Crippen molar-refractivity contribution in [1.29, 1.82) is 0 Å². The lowest BCUT2D eigenvalue weighted by atomic mass is 10.0. The Morgan fingerprint density at radius 3 is 2.85 bits per heavy atom. The lowest BCUT2D eigenvalue weighted by molar-refractivity contribution is -0.148. The number of fused-ring (bicyclic) bond motifs is 3. The van der Waals surface area contributed by atoms with E-state index in [9.17, 15) is 9.59 Å². The van der Waals surface area contributed by atoms with Gasteiger partial charge in [0.25, 0.3) is 5.91 Å². The normalized spacial score (nSPS) is 15.1. The van der Waals surface area contributed by atoms with Crippen molar-refractivity contribution in [2.45, 2.75) is 32.2 Å². The quantitative estimate of drug-likeness (QED) is 0.689. The smallest absolute Gasteiger partial charge is 0.310 e. The van der Waals surface area contributed by atoms with Crippen molar-refractivity contribution in [2.24, 2.45) is 5.92 Å². The van der Waals surface area contributed by atoms with E-state index in [1.165, 1.54) is 0 Å². The van der Waals surface area contributed by atoms with E-state index < -0.39 is 5.97 Å². The summed E-state index contributed by atoms with van der Waals surface area (Å²) >= 11 is 0. The summed E-state index contributed by atoms with van der Waals surface area (Å²) in [7, 11) is 0. The number of nitrogens with one attached hydrogen (secondary N) is 1. The summed E-state index contributed by atoms with van der Waals surface area (Å²) in [4.78, 5) is 24.1. The minimum atomic E-state index is -0.435.